The molecular weight excluding hydrogens is 377 g/mol. The van der Waals surface area contributed by atoms with Crippen LogP contribution in [0.3, 0.4) is 0 Å². The van der Waals surface area contributed by atoms with Crippen molar-refractivity contribution in [3.05, 3.63) is 29.0 Å². The summed E-state index contributed by atoms with van der Waals surface area (Å²) in [6, 6.07) is 3.90. The van der Waals surface area contributed by atoms with Gasteiger partial charge in [-0.15, -0.1) is 10.2 Å². The number of aromatic nitrogens is 3. The summed E-state index contributed by atoms with van der Waals surface area (Å²) in [7, 11) is 1.54. The maximum Gasteiger partial charge on any atom is 0.231 e. The molecule has 140 valence electrons. The van der Waals surface area contributed by atoms with Crippen LogP contribution < -0.4 is 10.2 Å². The van der Waals surface area contributed by atoms with Gasteiger partial charge in [0, 0.05) is 20.1 Å². The lowest BCUT2D eigenvalue weighted by atomic mass is 10.1. The first kappa shape index (κ1) is 17.5. The highest BCUT2D eigenvalue weighted by atomic mass is 32.1. The lowest BCUT2D eigenvalue weighted by Gasteiger charge is -2.12. The molecule has 1 saturated heterocycles. The van der Waals surface area contributed by atoms with Crippen molar-refractivity contribution in [1.82, 2.24) is 15.4 Å². The number of methoxy groups -OCH3 is 1. The smallest absolute Gasteiger partial charge is 0.231 e. The number of carbonyl (C=O) groups excluding carboxylic acids is 2. The van der Waals surface area contributed by atoms with Gasteiger partial charge in [-0.1, -0.05) is 16.5 Å². The number of carbonyl (C=O) groups is 2. The topological polar surface area (TPSA) is 110 Å². The molecule has 1 aromatic carbocycles. The summed E-state index contributed by atoms with van der Waals surface area (Å²) in [4.78, 5) is 26.3. The number of nitrogens with one attached hydrogen (secondary N) is 1. The first-order valence-electron chi connectivity index (χ1n) is 8.02. The van der Waals surface area contributed by atoms with Crippen molar-refractivity contribution in [2.75, 3.05) is 23.9 Å². The quantitative estimate of drug-likeness (QED) is 0.708. The van der Waals surface area contributed by atoms with E-state index in [4.69, 9.17) is 9.26 Å². The lowest BCUT2D eigenvalue weighted by molar-refractivity contribution is -0.122. The predicted octanol–water partition coefficient (Wildman–Crippen LogP) is 1.96. The van der Waals surface area contributed by atoms with E-state index in [1.54, 1.807) is 7.11 Å². The van der Waals surface area contributed by atoms with E-state index < -0.39 is 17.6 Å². The van der Waals surface area contributed by atoms with Crippen LogP contribution in [-0.2, 0) is 20.9 Å². The van der Waals surface area contributed by atoms with Crippen LogP contribution in [0.25, 0.3) is 11.0 Å². The number of rotatable bonds is 5. The second kappa shape index (κ2) is 7.00. The van der Waals surface area contributed by atoms with Gasteiger partial charge in [0.1, 0.15) is 17.4 Å². The van der Waals surface area contributed by atoms with E-state index in [1.807, 2.05) is 0 Å². The standard InChI is InChI=1S/C16H14FN5O4S/c1-25-7-12-19-20-16(27-12)22-6-8(4-13(22)23)15(24)18-14-10-5-9(17)2-3-11(10)26-21-14/h2-3,5,8H,4,6-7H2,1H3,(H,18,21,24). The molecule has 2 amide bonds. The molecule has 0 bridgehead atoms. The van der Waals surface area contributed by atoms with Crippen LogP contribution in [0.1, 0.15) is 11.4 Å². The maximum atomic E-state index is 13.4. The second-order valence-electron chi connectivity index (χ2n) is 5.98. The molecule has 1 aliphatic heterocycles. The summed E-state index contributed by atoms with van der Waals surface area (Å²) in [5, 5.41) is 15.7. The summed E-state index contributed by atoms with van der Waals surface area (Å²) in [6.45, 7) is 0.482. The van der Waals surface area contributed by atoms with E-state index >= 15 is 0 Å². The third-order valence-electron chi connectivity index (χ3n) is 4.12. The Morgan fingerprint density at radius 2 is 2.33 bits per heavy atom. The SMILES string of the molecule is COCc1nnc(N2CC(C(=O)Nc3noc4ccc(F)cc34)CC2=O)s1. The van der Waals surface area contributed by atoms with Gasteiger partial charge in [0.2, 0.25) is 16.9 Å². The number of amides is 2. The van der Waals surface area contributed by atoms with E-state index in [-0.39, 0.29) is 24.7 Å². The van der Waals surface area contributed by atoms with Gasteiger partial charge in [0.15, 0.2) is 11.4 Å². The van der Waals surface area contributed by atoms with Gasteiger partial charge in [-0.2, -0.15) is 0 Å². The number of ether oxygens (including phenoxy) is 1. The fourth-order valence-electron chi connectivity index (χ4n) is 2.82. The number of halogens is 1. The van der Waals surface area contributed by atoms with Gasteiger partial charge in [-0.25, -0.2) is 4.39 Å². The monoisotopic (exact) mass is 391 g/mol. The molecule has 27 heavy (non-hydrogen) atoms. The summed E-state index contributed by atoms with van der Waals surface area (Å²) in [5.74, 6) is -1.55. The molecule has 3 aromatic rings. The molecule has 11 heteroatoms. The molecule has 0 spiro atoms. The van der Waals surface area contributed by atoms with Crippen LogP contribution in [0.15, 0.2) is 22.7 Å². The fraction of sp³-hybridized carbons (Fsp3) is 0.312. The Labute approximate surface area is 156 Å². The highest BCUT2D eigenvalue weighted by molar-refractivity contribution is 7.15. The fourth-order valence-corrected chi connectivity index (χ4v) is 3.66. The van der Waals surface area contributed by atoms with Crippen molar-refractivity contribution in [3.63, 3.8) is 0 Å². The second-order valence-corrected chi connectivity index (χ2v) is 7.02. The first-order chi connectivity index (χ1) is 13.0. The van der Waals surface area contributed by atoms with Crippen LogP contribution in [-0.4, -0.2) is 40.8 Å². The molecule has 4 rings (SSSR count). The highest BCUT2D eigenvalue weighted by Crippen LogP contribution is 2.30. The van der Waals surface area contributed by atoms with E-state index in [1.165, 1.54) is 34.4 Å². The van der Waals surface area contributed by atoms with Crippen LogP contribution in [0, 0.1) is 11.7 Å². The number of nitrogens with zero attached hydrogens (tertiary/aromatic N) is 4. The molecule has 9 nitrogen and oxygen atoms in total. The third kappa shape index (κ3) is 3.38. The molecule has 0 saturated carbocycles. The number of fused-ring (bicyclic) bond motifs is 1. The minimum atomic E-state index is -0.590. The Morgan fingerprint density at radius 3 is 3.15 bits per heavy atom. The zero-order chi connectivity index (χ0) is 19.0. The van der Waals surface area contributed by atoms with E-state index in [0.717, 1.165) is 0 Å². The summed E-state index contributed by atoms with van der Waals surface area (Å²) in [5.41, 5.74) is 0.357. The van der Waals surface area contributed by atoms with Gasteiger partial charge in [0.25, 0.3) is 0 Å². The zero-order valence-corrected chi connectivity index (χ0v) is 15.0. The zero-order valence-electron chi connectivity index (χ0n) is 14.1. The van der Waals surface area contributed by atoms with Crippen LogP contribution in [0.5, 0.6) is 0 Å². The van der Waals surface area contributed by atoms with Gasteiger partial charge in [-0.05, 0) is 18.2 Å². The van der Waals surface area contributed by atoms with Crippen molar-refractivity contribution in [3.8, 4) is 0 Å². The van der Waals surface area contributed by atoms with Crippen molar-refractivity contribution in [2.45, 2.75) is 13.0 Å². The Hall–Kier alpha value is -2.92. The van der Waals surface area contributed by atoms with Crippen molar-refractivity contribution in [1.29, 1.82) is 0 Å². The molecule has 2 aromatic heterocycles. The van der Waals surface area contributed by atoms with E-state index in [0.29, 0.717) is 27.7 Å². The Kier molecular flexibility index (Phi) is 4.54. The Morgan fingerprint density at radius 1 is 1.48 bits per heavy atom. The van der Waals surface area contributed by atoms with Gasteiger partial charge in [-0.3, -0.25) is 14.5 Å². The van der Waals surface area contributed by atoms with Crippen molar-refractivity contribution < 1.29 is 23.2 Å². The minimum Gasteiger partial charge on any atom is -0.377 e. The first-order valence-corrected chi connectivity index (χ1v) is 8.84. The van der Waals surface area contributed by atoms with Crippen LogP contribution in [0.2, 0.25) is 0 Å². The predicted molar refractivity (Wildman–Crippen MR) is 93.7 cm³/mol. The highest BCUT2D eigenvalue weighted by Gasteiger charge is 2.37. The number of anilines is 2. The average Bonchev–Trinajstić information content (AvgIpc) is 3.34. The molecule has 1 unspecified atom stereocenters. The minimum absolute atomic E-state index is 0.0369. The van der Waals surface area contributed by atoms with Gasteiger partial charge < -0.3 is 14.6 Å². The normalized spacial score (nSPS) is 17.0. The summed E-state index contributed by atoms with van der Waals surface area (Å²) >= 11 is 1.24. The molecule has 0 radical (unpaired) electrons. The number of hydrogen-bond acceptors (Lipinski definition) is 8. The number of hydrogen-bond donors (Lipinski definition) is 1. The Balaban J connectivity index is 1.47. The molecule has 1 atom stereocenters. The van der Waals surface area contributed by atoms with Crippen LogP contribution >= 0.6 is 11.3 Å². The molecule has 1 aliphatic rings. The van der Waals surface area contributed by atoms with Gasteiger partial charge >= 0.3 is 0 Å². The molecule has 1 N–H and O–H groups in total. The summed E-state index contributed by atoms with van der Waals surface area (Å²) < 4.78 is 23.5. The van der Waals surface area contributed by atoms with Gasteiger partial charge in [0.05, 0.1) is 11.3 Å². The Bertz CT molecular complexity index is 1020. The molecular formula is C16H14FN5O4S. The number of benzene rings is 1. The van der Waals surface area contributed by atoms with Crippen LogP contribution in [0.4, 0.5) is 15.3 Å². The average molecular weight is 391 g/mol. The van der Waals surface area contributed by atoms with Crippen molar-refractivity contribution in [2.24, 2.45) is 5.92 Å². The van der Waals surface area contributed by atoms with Crippen molar-refractivity contribution >= 4 is 45.1 Å². The van der Waals surface area contributed by atoms with E-state index in [2.05, 4.69) is 20.7 Å². The largest absolute Gasteiger partial charge is 0.377 e. The lowest BCUT2D eigenvalue weighted by Crippen LogP contribution is -2.28. The third-order valence-corrected chi connectivity index (χ3v) is 5.04. The summed E-state index contributed by atoms with van der Waals surface area (Å²) in [6.07, 6.45) is 0.0369. The molecule has 1 fully saturated rings. The molecule has 3 heterocycles. The van der Waals surface area contributed by atoms with E-state index in [9.17, 15) is 14.0 Å². The maximum absolute atomic E-state index is 13.4. The molecule has 0 aliphatic carbocycles.